The third kappa shape index (κ3) is 14.3. The van der Waals surface area contributed by atoms with Gasteiger partial charge in [0.15, 0.2) is 5.60 Å². The highest BCUT2D eigenvalue weighted by Crippen LogP contribution is 2.28. The fourth-order valence-corrected chi connectivity index (χ4v) is 5.76. The van der Waals surface area contributed by atoms with Crippen molar-refractivity contribution in [1.82, 2.24) is 19.9 Å². The third-order valence-electron chi connectivity index (χ3n) is 8.42. The average molecular weight is 835 g/mol. The first-order valence-corrected chi connectivity index (χ1v) is 18.0. The van der Waals surface area contributed by atoms with Crippen LogP contribution in [-0.2, 0) is 35.3 Å². The lowest BCUT2D eigenvalue weighted by molar-refractivity contribution is -0.757. The number of amides is 1. The number of carbonyl (C=O) groups is 5. The lowest BCUT2D eigenvalue weighted by atomic mass is 9.96. The molecule has 314 valence electrons. The summed E-state index contributed by atoms with van der Waals surface area (Å²) in [6.07, 6.45) is 5.75. The van der Waals surface area contributed by atoms with Crippen molar-refractivity contribution < 1.29 is 63.8 Å². The Morgan fingerprint density at radius 3 is 2.36 bits per heavy atom. The van der Waals surface area contributed by atoms with Crippen LogP contribution in [0.4, 0.5) is 17.7 Å². The van der Waals surface area contributed by atoms with Gasteiger partial charge in [0.2, 0.25) is 11.9 Å². The molecule has 1 unspecified atom stereocenters. The molecule has 4 rings (SSSR count). The van der Waals surface area contributed by atoms with Gasteiger partial charge in [-0.15, -0.1) is 10.1 Å². The summed E-state index contributed by atoms with van der Waals surface area (Å²) in [6, 6.07) is 6.91. The van der Waals surface area contributed by atoms with Gasteiger partial charge in [-0.05, 0) is 49.4 Å². The van der Waals surface area contributed by atoms with Crippen LogP contribution in [0, 0.1) is 10.1 Å². The molecule has 0 radical (unpaired) electrons. The predicted molar refractivity (Wildman–Crippen MR) is 202 cm³/mol. The summed E-state index contributed by atoms with van der Waals surface area (Å²) < 4.78 is 10.8. The van der Waals surface area contributed by atoms with E-state index in [2.05, 4.69) is 25.1 Å². The second kappa shape index (κ2) is 22.4. The van der Waals surface area contributed by atoms with Crippen LogP contribution < -0.4 is 19.9 Å². The normalized spacial score (nSPS) is 13.4. The van der Waals surface area contributed by atoms with Crippen LogP contribution in [0.25, 0.3) is 0 Å². The number of hydrogen-bond acceptors (Lipinski definition) is 17. The number of methoxy groups -OCH3 is 1. The monoisotopic (exact) mass is 834 g/mol. The maximum Gasteiger partial charge on any atom is 0.336 e. The average Bonchev–Trinajstić information content (AvgIpc) is 3.65. The number of hydrogen-bond donors (Lipinski definition) is 5. The highest BCUT2D eigenvalue weighted by Gasteiger charge is 2.40. The molecule has 2 aromatic heterocycles. The Labute approximate surface area is 335 Å². The summed E-state index contributed by atoms with van der Waals surface area (Å²) in [6.45, 7) is 1.13. The maximum atomic E-state index is 13.5. The number of ether oxygens (including phenoxy) is 2. The summed E-state index contributed by atoms with van der Waals surface area (Å²) in [5.41, 5.74) is -1.67. The number of benzene rings is 1. The molecule has 0 saturated carbocycles. The molecule has 1 aliphatic heterocycles. The van der Waals surface area contributed by atoms with E-state index in [-0.39, 0.29) is 43.2 Å². The molecule has 1 aliphatic rings. The molecule has 22 nitrogen and oxygen atoms in total. The van der Waals surface area contributed by atoms with Crippen LogP contribution in [-0.4, -0.2) is 121 Å². The minimum atomic E-state index is -2.74. The van der Waals surface area contributed by atoms with Crippen LogP contribution in [0.2, 0.25) is 5.02 Å². The molecule has 0 spiro atoms. The Morgan fingerprint density at radius 1 is 1.07 bits per heavy atom. The number of aliphatic hydroxyl groups is 1. The Hall–Kier alpha value is -6.42. The van der Waals surface area contributed by atoms with Gasteiger partial charge >= 0.3 is 23.9 Å². The fraction of sp³-hybridized carbons (Fsp3) is 0.457. The number of aromatic nitrogens is 4. The number of halogens is 1. The second-order valence-corrected chi connectivity index (χ2v) is 13.1. The molecule has 0 aliphatic carbocycles. The number of carboxylic acids is 3. The van der Waals surface area contributed by atoms with E-state index in [9.17, 15) is 34.1 Å². The topological polar surface area (TPSA) is 307 Å². The predicted octanol–water partition coefficient (Wildman–Crippen LogP) is 2.85. The van der Waals surface area contributed by atoms with Gasteiger partial charge in [-0.2, -0.15) is 4.98 Å². The number of aliphatic carboxylic acids is 3. The number of nitrogens with zero attached hydrogens (tertiary/aromatic N) is 7. The molecule has 3 heterocycles. The summed E-state index contributed by atoms with van der Waals surface area (Å²) in [5.74, 6) is -4.29. The molecule has 1 atom stereocenters. The Kier molecular flexibility index (Phi) is 17.7. The number of rotatable bonds is 21. The molecular weight excluding hydrogens is 792 g/mol. The molecule has 1 fully saturated rings. The van der Waals surface area contributed by atoms with E-state index in [1.165, 1.54) is 11.1 Å². The Morgan fingerprint density at radius 2 is 1.76 bits per heavy atom. The zero-order valence-corrected chi connectivity index (χ0v) is 32.2. The first-order chi connectivity index (χ1) is 27.5. The number of nitrogens with one attached hydrogen (secondary N) is 1. The first kappa shape index (κ1) is 46.0. The number of esters is 1. The quantitative estimate of drug-likeness (QED) is 0.0446. The van der Waals surface area contributed by atoms with Crippen molar-refractivity contribution >= 4 is 59.1 Å². The van der Waals surface area contributed by atoms with E-state index < -0.39 is 47.3 Å². The standard InChI is InChI=1S/C29H35ClN8O7.C6H8O7/c1-36(28-31-12-7-13-32-28)27(40)22-18-34-29(35-26(22)33-17-20-10-11-24(43-2)23(30)16-20)37-14-6-8-21(37)19-44-25(39)9-4-3-5-15-45-38(41)42;7-3(8)1-6(13,5(11)12)2-4(9)10/h7,10-13,16,18,21H,3-6,8-9,14-15,17,19H2,1-2H3,(H,33,34,35);13H,1-2H2,(H,7,8)(H,9,10)(H,11,12). The van der Waals surface area contributed by atoms with Gasteiger partial charge in [0, 0.05) is 45.1 Å². The van der Waals surface area contributed by atoms with Gasteiger partial charge in [0.25, 0.3) is 11.0 Å². The number of anilines is 3. The number of carbonyl (C=O) groups excluding carboxylic acids is 2. The van der Waals surface area contributed by atoms with Gasteiger partial charge < -0.3 is 45.0 Å². The van der Waals surface area contributed by atoms with Crippen molar-refractivity contribution in [3.8, 4) is 5.75 Å². The Balaban J connectivity index is 0.000000594. The third-order valence-corrected chi connectivity index (χ3v) is 8.71. The van der Waals surface area contributed by atoms with Crippen molar-refractivity contribution in [2.75, 3.05) is 49.0 Å². The van der Waals surface area contributed by atoms with E-state index in [4.69, 9.17) is 46.5 Å². The van der Waals surface area contributed by atoms with Crippen molar-refractivity contribution in [2.45, 2.75) is 69.6 Å². The lowest BCUT2D eigenvalue weighted by Gasteiger charge is -2.25. The molecule has 1 saturated heterocycles. The highest BCUT2D eigenvalue weighted by molar-refractivity contribution is 6.32. The van der Waals surface area contributed by atoms with Gasteiger partial charge in [0.05, 0.1) is 37.6 Å². The minimum Gasteiger partial charge on any atom is -0.495 e. The molecule has 5 N–H and O–H groups in total. The number of carboxylic acid groups (broad SMARTS) is 3. The first-order valence-electron chi connectivity index (χ1n) is 17.6. The SMILES string of the molecule is COc1ccc(CNc2nc(N3CCCC3COC(=O)CCCCCO[N+](=O)[O-])ncc2C(=O)N(C)c2ncccn2)cc1Cl.O=C(O)CC(O)(CC(=O)O)C(=O)O. The van der Waals surface area contributed by atoms with Crippen molar-refractivity contribution in [3.63, 3.8) is 0 Å². The molecule has 1 aromatic carbocycles. The van der Waals surface area contributed by atoms with Crippen LogP contribution in [0.3, 0.4) is 0 Å². The van der Waals surface area contributed by atoms with E-state index in [0.29, 0.717) is 54.9 Å². The van der Waals surface area contributed by atoms with Crippen molar-refractivity contribution in [1.29, 1.82) is 0 Å². The largest absolute Gasteiger partial charge is 0.495 e. The van der Waals surface area contributed by atoms with E-state index in [1.807, 2.05) is 11.0 Å². The van der Waals surface area contributed by atoms with Gasteiger partial charge in [-0.3, -0.25) is 24.1 Å². The summed E-state index contributed by atoms with van der Waals surface area (Å²) in [5, 5.41) is 46.9. The van der Waals surface area contributed by atoms with Crippen LogP contribution in [0.5, 0.6) is 5.75 Å². The lowest BCUT2D eigenvalue weighted by Crippen LogP contribution is -2.42. The number of unbranched alkanes of at least 4 members (excludes halogenated alkanes) is 2. The van der Waals surface area contributed by atoms with E-state index in [0.717, 1.165) is 18.4 Å². The highest BCUT2D eigenvalue weighted by atomic mass is 35.5. The van der Waals surface area contributed by atoms with Crippen LogP contribution in [0.1, 0.15) is 67.3 Å². The second-order valence-electron chi connectivity index (χ2n) is 12.7. The smallest absolute Gasteiger partial charge is 0.336 e. The van der Waals surface area contributed by atoms with Gasteiger partial charge in [-0.25, -0.2) is 19.7 Å². The zero-order valence-electron chi connectivity index (χ0n) is 31.5. The summed E-state index contributed by atoms with van der Waals surface area (Å²) in [7, 11) is 3.11. The fourth-order valence-electron chi connectivity index (χ4n) is 5.48. The van der Waals surface area contributed by atoms with Crippen LogP contribution in [0.15, 0.2) is 42.9 Å². The minimum absolute atomic E-state index is 0.00444. The van der Waals surface area contributed by atoms with Crippen LogP contribution >= 0.6 is 11.6 Å². The molecule has 23 heteroatoms. The maximum absolute atomic E-state index is 13.5. The molecule has 0 bridgehead atoms. The molecule has 3 aromatic rings. The zero-order chi connectivity index (χ0) is 42.8. The van der Waals surface area contributed by atoms with Crippen molar-refractivity contribution in [2.24, 2.45) is 0 Å². The van der Waals surface area contributed by atoms with E-state index >= 15 is 0 Å². The molecular formula is C35H43ClN8O14. The summed E-state index contributed by atoms with van der Waals surface area (Å²) >= 11 is 6.32. The van der Waals surface area contributed by atoms with Crippen molar-refractivity contribution in [3.05, 3.63) is 69.1 Å². The Bertz CT molecular complexity index is 1890. The molecule has 1 amide bonds. The van der Waals surface area contributed by atoms with Gasteiger partial charge in [0.1, 0.15) is 23.7 Å². The van der Waals surface area contributed by atoms with E-state index in [1.54, 1.807) is 44.8 Å². The summed E-state index contributed by atoms with van der Waals surface area (Å²) in [4.78, 5) is 91.7. The van der Waals surface area contributed by atoms with Gasteiger partial charge in [-0.1, -0.05) is 24.1 Å². The molecule has 58 heavy (non-hydrogen) atoms.